The highest BCUT2D eigenvalue weighted by molar-refractivity contribution is 9.10. The zero-order valence-electron chi connectivity index (χ0n) is 11.6. The minimum absolute atomic E-state index is 0.182. The molecule has 4 heteroatoms. The SMILES string of the molecule is CC1CC(C)CN(C(CN)c2ccc(F)c(Br)c2)C1. The maximum atomic E-state index is 13.3. The number of piperidine rings is 1. The molecule has 1 aromatic rings. The van der Waals surface area contributed by atoms with Crippen LogP contribution in [-0.4, -0.2) is 24.5 Å². The third-order valence-corrected chi connectivity index (χ3v) is 4.50. The number of hydrogen-bond acceptors (Lipinski definition) is 2. The van der Waals surface area contributed by atoms with Crippen LogP contribution in [0.4, 0.5) is 4.39 Å². The summed E-state index contributed by atoms with van der Waals surface area (Å²) in [4.78, 5) is 2.44. The van der Waals surface area contributed by atoms with Crippen LogP contribution >= 0.6 is 15.9 Å². The van der Waals surface area contributed by atoms with Crippen molar-refractivity contribution in [3.63, 3.8) is 0 Å². The average molecular weight is 329 g/mol. The van der Waals surface area contributed by atoms with Crippen molar-refractivity contribution in [3.05, 3.63) is 34.1 Å². The fourth-order valence-corrected chi connectivity index (χ4v) is 3.58. The predicted molar refractivity (Wildman–Crippen MR) is 80.4 cm³/mol. The molecule has 3 unspecified atom stereocenters. The van der Waals surface area contributed by atoms with Crippen molar-refractivity contribution in [2.24, 2.45) is 17.6 Å². The maximum absolute atomic E-state index is 13.3. The molecule has 0 saturated carbocycles. The lowest BCUT2D eigenvalue weighted by atomic mass is 9.89. The van der Waals surface area contributed by atoms with Crippen molar-refractivity contribution in [1.82, 2.24) is 4.90 Å². The Bertz CT molecular complexity index is 428. The summed E-state index contributed by atoms with van der Waals surface area (Å²) in [5.74, 6) is 1.17. The number of hydrogen-bond donors (Lipinski definition) is 1. The topological polar surface area (TPSA) is 29.3 Å². The minimum atomic E-state index is -0.222. The van der Waals surface area contributed by atoms with Gasteiger partial charge in [-0.25, -0.2) is 4.39 Å². The molecule has 2 rings (SSSR count). The molecule has 2 N–H and O–H groups in total. The first-order valence-corrected chi connectivity index (χ1v) is 7.69. The Balaban J connectivity index is 2.21. The van der Waals surface area contributed by atoms with E-state index in [-0.39, 0.29) is 11.9 Å². The molecule has 1 fully saturated rings. The number of likely N-dealkylation sites (tertiary alicyclic amines) is 1. The largest absolute Gasteiger partial charge is 0.329 e. The Labute approximate surface area is 123 Å². The molecule has 1 aliphatic rings. The second-order valence-electron chi connectivity index (χ2n) is 5.82. The van der Waals surface area contributed by atoms with Gasteiger partial charge in [-0.15, -0.1) is 0 Å². The molecule has 19 heavy (non-hydrogen) atoms. The lowest BCUT2D eigenvalue weighted by Gasteiger charge is -2.40. The van der Waals surface area contributed by atoms with Gasteiger partial charge in [0.2, 0.25) is 0 Å². The molecule has 0 radical (unpaired) electrons. The fraction of sp³-hybridized carbons (Fsp3) is 0.600. The molecule has 106 valence electrons. The monoisotopic (exact) mass is 328 g/mol. The van der Waals surface area contributed by atoms with Gasteiger partial charge >= 0.3 is 0 Å². The molecule has 1 saturated heterocycles. The van der Waals surface area contributed by atoms with E-state index in [4.69, 9.17) is 5.73 Å². The highest BCUT2D eigenvalue weighted by atomic mass is 79.9. The summed E-state index contributed by atoms with van der Waals surface area (Å²) in [5, 5.41) is 0. The van der Waals surface area contributed by atoms with Crippen molar-refractivity contribution in [1.29, 1.82) is 0 Å². The first-order valence-electron chi connectivity index (χ1n) is 6.90. The second-order valence-corrected chi connectivity index (χ2v) is 6.68. The van der Waals surface area contributed by atoms with E-state index in [1.807, 2.05) is 12.1 Å². The number of nitrogens with two attached hydrogens (primary N) is 1. The van der Waals surface area contributed by atoms with Crippen molar-refractivity contribution in [3.8, 4) is 0 Å². The quantitative estimate of drug-likeness (QED) is 0.919. The van der Waals surface area contributed by atoms with Gasteiger partial charge in [0.05, 0.1) is 4.47 Å². The van der Waals surface area contributed by atoms with E-state index in [2.05, 4.69) is 34.7 Å². The van der Waals surface area contributed by atoms with E-state index in [1.54, 1.807) is 0 Å². The summed E-state index contributed by atoms with van der Waals surface area (Å²) in [6.07, 6.45) is 1.28. The second kappa shape index (κ2) is 6.33. The van der Waals surface area contributed by atoms with Crippen LogP contribution in [0.2, 0.25) is 0 Å². The molecule has 2 nitrogen and oxygen atoms in total. The van der Waals surface area contributed by atoms with Gasteiger partial charge in [-0.2, -0.15) is 0 Å². The summed E-state index contributed by atoms with van der Waals surface area (Å²) in [6, 6.07) is 5.40. The Morgan fingerprint density at radius 3 is 2.53 bits per heavy atom. The van der Waals surface area contributed by atoms with E-state index >= 15 is 0 Å². The Hall–Kier alpha value is -0.450. The number of nitrogens with zero attached hydrogens (tertiary/aromatic N) is 1. The van der Waals surface area contributed by atoms with Crippen molar-refractivity contribution < 1.29 is 4.39 Å². The van der Waals surface area contributed by atoms with Crippen LogP contribution in [0.15, 0.2) is 22.7 Å². The van der Waals surface area contributed by atoms with Crippen LogP contribution in [0.3, 0.4) is 0 Å². The Kier molecular flexibility index (Phi) is 4.98. The number of halogens is 2. The van der Waals surface area contributed by atoms with Crippen molar-refractivity contribution >= 4 is 15.9 Å². The third kappa shape index (κ3) is 3.56. The zero-order chi connectivity index (χ0) is 14.0. The maximum Gasteiger partial charge on any atom is 0.137 e. The summed E-state index contributed by atoms with van der Waals surface area (Å²) in [6.45, 7) is 7.29. The van der Waals surface area contributed by atoms with Gasteiger partial charge in [0, 0.05) is 25.7 Å². The van der Waals surface area contributed by atoms with Crippen molar-refractivity contribution in [2.75, 3.05) is 19.6 Å². The highest BCUT2D eigenvalue weighted by Gasteiger charge is 2.27. The molecular formula is C15H22BrFN2. The smallest absolute Gasteiger partial charge is 0.137 e. The average Bonchev–Trinajstić information content (AvgIpc) is 2.33. The normalized spacial score (nSPS) is 26.4. The summed E-state index contributed by atoms with van der Waals surface area (Å²) in [5.41, 5.74) is 7.06. The Morgan fingerprint density at radius 2 is 2.00 bits per heavy atom. The molecule has 0 spiro atoms. The highest BCUT2D eigenvalue weighted by Crippen LogP contribution is 2.30. The zero-order valence-corrected chi connectivity index (χ0v) is 13.2. The van der Waals surface area contributed by atoms with Gasteiger partial charge in [0.15, 0.2) is 0 Å². The van der Waals surface area contributed by atoms with Crippen LogP contribution in [0.5, 0.6) is 0 Å². The van der Waals surface area contributed by atoms with Crippen LogP contribution in [0.25, 0.3) is 0 Å². The molecule has 1 aromatic carbocycles. The Morgan fingerprint density at radius 1 is 1.37 bits per heavy atom. The molecule has 0 amide bonds. The van der Waals surface area contributed by atoms with E-state index in [9.17, 15) is 4.39 Å². The number of benzene rings is 1. The van der Waals surface area contributed by atoms with E-state index in [1.165, 1.54) is 12.5 Å². The van der Waals surface area contributed by atoms with Gasteiger partial charge in [0.25, 0.3) is 0 Å². The van der Waals surface area contributed by atoms with Crippen LogP contribution in [0, 0.1) is 17.7 Å². The lowest BCUT2D eigenvalue weighted by molar-refractivity contribution is 0.0983. The summed E-state index contributed by atoms with van der Waals surface area (Å²) < 4.78 is 13.9. The van der Waals surface area contributed by atoms with Crippen LogP contribution < -0.4 is 5.73 Å². The molecule has 1 aliphatic heterocycles. The van der Waals surface area contributed by atoms with Gasteiger partial charge < -0.3 is 5.73 Å². The first kappa shape index (κ1) is 14.9. The third-order valence-electron chi connectivity index (χ3n) is 3.89. The van der Waals surface area contributed by atoms with Crippen LogP contribution in [0.1, 0.15) is 31.9 Å². The van der Waals surface area contributed by atoms with Crippen molar-refractivity contribution in [2.45, 2.75) is 26.3 Å². The number of rotatable bonds is 3. The van der Waals surface area contributed by atoms with E-state index in [0.717, 1.165) is 18.7 Å². The van der Waals surface area contributed by atoms with Gasteiger partial charge in [-0.05, 0) is 51.9 Å². The van der Waals surface area contributed by atoms with E-state index in [0.29, 0.717) is 22.9 Å². The van der Waals surface area contributed by atoms with Gasteiger partial charge in [0.1, 0.15) is 5.82 Å². The van der Waals surface area contributed by atoms with Crippen LogP contribution in [-0.2, 0) is 0 Å². The summed E-state index contributed by atoms with van der Waals surface area (Å²) >= 11 is 3.26. The lowest BCUT2D eigenvalue weighted by Crippen LogP contribution is -2.43. The molecule has 0 aromatic heterocycles. The van der Waals surface area contributed by atoms with E-state index < -0.39 is 0 Å². The minimum Gasteiger partial charge on any atom is -0.329 e. The van der Waals surface area contributed by atoms with Gasteiger partial charge in [-0.3, -0.25) is 4.90 Å². The fourth-order valence-electron chi connectivity index (χ4n) is 3.18. The first-order chi connectivity index (χ1) is 9.01. The van der Waals surface area contributed by atoms with Gasteiger partial charge in [-0.1, -0.05) is 19.9 Å². The molecule has 0 aliphatic carbocycles. The summed E-state index contributed by atoms with van der Waals surface area (Å²) in [7, 11) is 0. The predicted octanol–water partition coefficient (Wildman–Crippen LogP) is 3.57. The molecule has 0 bridgehead atoms. The molecule has 3 atom stereocenters. The standard InChI is InChI=1S/C15H22BrFN2/c1-10-5-11(2)9-19(8-10)15(7-18)12-3-4-14(17)13(16)6-12/h3-4,6,10-11,15H,5,7-9,18H2,1-2H3. The molecular weight excluding hydrogens is 307 g/mol. The molecule has 1 heterocycles.